The van der Waals surface area contributed by atoms with Gasteiger partial charge in [0, 0.05) is 25.4 Å². The van der Waals surface area contributed by atoms with Crippen molar-refractivity contribution < 1.29 is 1.43 Å². The number of para-hydroxylation sites is 1. The Kier molecular flexibility index (Phi) is 4.84. The summed E-state index contributed by atoms with van der Waals surface area (Å²) in [5, 5.41) is 7.93. The molecule has 1 aliphatic heterocycles. The average Bonchev–Trinajstić information content (AvgIpc) is 3.12. The molecule has 2 unspecified atom stereocenters. The Hall–Kier alpha value is -2.82. The maximum Gasteiger partial charge on any atom is 0.246 e. The minimum atomic E-state index is 0. The smallest absolute Gasteiger partial charge is 0.246 e. The summed E-state index contributed by atoms with van der Waals surface area (Å²) >= 11 is 0. The zero-order chi connectivity index (χ0) is 18.8. The van der Waals surface area contributed by atoms with Crippen LogP contribution in [-0.2, 0) is 0 Å². The molecule has 2 atom stereocenters. The van der Waals surface area contributed by atoms with Gasteiger partial charge >= 0.3 is 0 Å². The van der Waals surface area contributed by atoms with Gasteiger partial charge in [0.1, 0.15) is 6.33 Å². The van der Waals surface area contributed by atoms with Gasteiger partial charge in [0.05, 0.1) is 5.69 Å². The number of nitrogens with zero attached hydrogens (tertiary/aromatic N) is 4. The number of rotatable bonds is 4. The summed E-state index contributed by atoms with van der Waals surface area (Å²) in [6, 6.07) is 17.2. The Balaban J connectivity index is 0.00000225. The lowest BCUT2D eigenvalue weighted by molar-refractivity contribution is 0.390. The summed E-state index contributed by atoms with van der Waals surface area (Å²) in [6.45, 7) is 7.92. The van der Waals surface area contributed by atoms with Crippen molar-refractivity contribution in [2.24, 2.45) is 5.92 Å². The topological polar surface area (TPSA) is 46.0 Å². The first-order valence-electron chi connectivity index (χ1n) is 9.71. The summed E-state index contributed by atoms with van der Waals surface area (Å²) in [5.74, 6) is 1.34. The van der Waals surface area contributed by atoms with Crippen LogP contribution in [0.4, 0.5) is 17.3 Å². The molecule has 0 radical (unpaired) electrons. The fourth-order valence-corrected chi connectivity index (χ4v) is 3.80. The molecule has 0 amide bonds. The van der Waals surface area contributed by atoms with E-state index < -0.39 is 0 Å². The molecule has 142 valence electrons. The van der Waals surface area contributed by atoms with Crippen molar-refractivity contribution in [1.29, 1.82) is 0 Å². The minimum absolute atomic E-state index is 0. The summed E-state index contributed by atoms with van der Waals surface area (Å²) < 4.78 is 1.79. The number of aryl methyl sites for hydroxylation is 1. The van der Waals surface area contributed by atoms with Crippen molar-refractivity contribution in [3.63, 3.8) is 0 Å². The molecule has 5 nitrogen and oxygen atoms in total. The van der Waals surface area contributed by atoms with E-state index in [0.717, 1.165) is 23.8 Å². The molecule has 0 aliphatic carbocycles. The van der Waals surface area contributed by atoms with Crippen LogP contribution in [0.1, 0.15) is 33.7 Å². The van der Waals surface area contributed by atoms with Crippen LogP contribution in [0.3, 0.4) is 0 Å². The quantitative estimate of drug-likeness (QED) is 0.693. The van der Waals surface area contributed by atoms with Crippen LogP contribution in [0, 0.1) is 12.8 Å². The highest BCUT2D eigenvalue weighted by Gasteiger charge is 2.23. The lowest BCUT2D eigenvalue weighted by atomic mass is 9.94. The van der Waals surface area contributed by atoms with Gasteiger partial charge in [-0.05, 0) is 68.5 Å². The van der Waals surface area contributed by atoms with E-state index in [0.29, 0.717) is 12.0 Å². The molecule has 27 heavy (non-hydrogen) atoms. The van der Waals surface area contributed by atoms with Gasteiger partial charge in [-0.15, -0.1) is 5.10 Å². The van der Waals surface area contributed by atoms with Gasteiger partial charge in [0.25, 0.3) is 0 Å². The van der Waals surface area contributed by atoms with Gasteiger partial charge in [-0.2, -0.15) is 4.98 Å². The van der Waals surface area contributed by atoms with E-state index in [1.807, 2.05) is 30.3 Å². The highest BCUT2D eigenvalue weighted by Crippen LogP contribution is 2.31. The van der Waals surface area contributed by atoms with E-state index >= 15 is 0 Å². The standard InChI is InChI=1S/C22H27N5.H2/c1-16-9-10-18(3)26(14-16)21-12-17(2)11-19(13-21)24-22-23-15-27(25-22)20-7-5-4-6-8-20;/h4-8,11-13,15-16,18H,9-10,14H2,1-3H3,(H,24,25);1H. The maximum absolute atomic E-state index is 4.56. The van der Waals surface area contributed by atoms with Crippen molar-refractivity contribution in [2.75, 3.05) is 16.8 Å². The Morgan fingerprint density at radius 2 is 1.85 bits per heavy atom. The lowest BCUT2D eigenvalue weighted by Gasteiger charge is -2.39. The predicted molar refractivity (Wildman–Crippen MR) is 113 cm³/mol. The third-order valence-electron chi connectivity index (χ3n) is 5.28. The third kappa shape index (κ3) is 3.97. The number of benzene rings is 2. The summed E-state index contributed by atoms with van der Waals surface area (Å²) in [5.41, 5.74) is 4.54. The van der Waals surface area contributed by atoms with Gasteiger partial charge in [0.2, 0.25) is 5.95 Å². The molecule has 1 N–H and O–H groups in total. The van der Waals surface area contributed by atoms with E-state index in [1.54, 1.807) is 11.0 Å². The predicted octanol–water partition coefficient (Wildman–Crippen LogP) is 5.19. The first kappa shape index (κ1) is 17.6. The largest absolute Gasteiger partial charge is 0.368 e. The molecule has 1 aliphatic rings. The molecule has 3 aromatic rings. The summed E-state index contributed by atoms with van der Waals surface area (Å²) in [6.07, 6.45) is 4.30. The molecular weight excluding hydrogens is 334 g/mol. The minimum Gasteiger partial charge on any atom is -0.368 e. The zero-order valence-electron chi connectivity index (χ0n) is 16.3. The van der Waals surface area contributed by atoms with Crippen LogP contribution >= 0.6 is 0 Å². The van der Waals surface area contributed by atoms with Crippen LogP contribution in [-0.4, -0.2) is 27.4 Å². The number of hydrogen-bond donors (Lipinski definition) is 1. The van der Waals surface area contributed by atoms with Crippen molar-refractivity contribution in [2.45, 2.75) is 39.7 Å². The third-order valence-corrected chi connectivity index (χ3v) is 5.28. The molecule has 1 aromatic heterocycles. The second-order valence-corrected chi connectivity index (χ2v) is 7.71. The molecule has 2 aromatic carbocycles. The monoisotopic (exact) mass is 363 g/mol. The normalized spacial score (nSPS) is 19.9. The van der Waals surface area contributed by atoms with Gasteiger partial charge in [0.15, 0.2) is 0 Å². The summed E-state index contributed by atoms with van der Waals surface area (Å²) in [7, 11) is 0. The molecule has 2 heterocycles. The molecule has 1 saturated heterocycles. The fourth-order valence-electron chi connectivity index (χ4n) is 3.80. The second kappa shape index (κ2) is 7.43. The Morgan fingerprint density at radius 1 is 1.04 bits per heavy atom. The molecule has 4 rings (SSSR count). The highest BCUT2D eigenvalue weighted by molar-refractivity contribution is 5.64. The molecule has 1 fully saturated rings. The fraction of sp³-hybridized carbons (Fsp3) is 0.364. The van der Waals surface area contributed by atoms with Gasteiger partial charge < -0.3 is 10.2 Å². The van der Waals surface area contributed by atoms with Crippen LogP contribution < -0.4 is 10.2 Å². The van der Waals surface area contributed by atoms with Crippen molar-refractivity contribution in [3.05, 3.63) is 60.4 Å². The summed E-state index contributed by atoms with van der Waals surface area (Å²) in [4.78, 5) is 6.94. The second-order valence-electron chi connectivity index (χ2n) is 7.71. The molecular formula is C22H29N5. The number of anilines is 3. The molecule has 5 heteroatoms. The van der Waals surface area contributed by atoms with E-state index in [2.05, 4.69) is 59.3 Å². The van der Waals surface area contributed by atoms with Crippen LogP contribution in [0.2, 0.25) is 0 Å². The highest BCUT2D eigenvalue weighted by atomic mass is 15.4. The number of nitrogens with one attached hydrogen (secondary N) is 1. The van der Waals surface area contributed by atoms with Gasteiger partial charge in [-0.25, -0.2) is 4.68 Å². The average molecular weight is 364 g/mol. The van der Waals surface area contributed by atoms with E-state index in [9.17, 15) is 0 Å². The Morgan fingerprint density at radius 3 is 2.67 bits per heavy atom. The first-order valence-corrected chi connectivity index (χ1v) is 9.71. The van der Waals surface area contributed by atoms with Crippen molar-refractivity contribution in [1.82, 2.24) is 14.8 Å². The van der Waals surface area contributed by atoms with E-state index in [4.69, 9.17) is 0 Å². The SMILES string of the molecule is Cc1cc(Nc2ncn(-c3ccccc3)n2)cc(N2CC(C)CCC2C)c1.[HH]. The molecule has 0 saturated carbocycles. The van der Waals surface area contributed by atoms with Gasteiger partial charge in [-0.1, -0.05) is 25.1 Å². The lowest BCUT2D eigenvalue weighted by Crippen LogP contribution is -2.41. The number of aromatic nitrogens is 3. The zero-order valence-corrected chi connectivity index (χ0v) is 16.3. The first-order chi connectivity index (χ1) is 13.1. The number of piperidine rings is 1. The molecule has 0 bridgehead atoms. The Bertz CT molecular complexity index is 908. The van der Waals surface area contributed by atoms with Crippen molar-refractivity contribution >= 4 is 17.3 Å². The molecule has 0 spiro atoms. The van der Waals surface area contributed by atoms with Crippen LogP contribution in [0.5, 0.6) is 0 Å². The number of hydrogen-bond acceptors (Lipinski definition) is 4. The van der Waals surface area contributed by atoms with Crippen molar-refractivity contribution in [3.8, 4) is 5.69 Å². The Labute approximate surface area is 162 Å². The van der Waals surface area contributed by atoms with Gasteiger partial charge in [-0.3, -0.25) is 0 Å². The van der Waals surface area contributed by atoms with E-state index in [-0.39, 0.29) is 1.43 Å². The van der Waals surface area contributed by atoms with E-state index in [1.165, 1.54) is 24.1 Å². The maximum atomic E-state index is 4.56. The van der Waals surface area contributed by atoms with Crippen LogP contribution in [0.25, 0.3) is 5.69 Å². The van der Waals surface area contributed by atoms with Crippen LogP contribution in [0.15, 0.2) is 54.9 Å².